The van der Waals surface area contributed by atoms with E-state index in [2.05, 4.69) is 21.8 Å². The number of fused-ring (bicyclic) bond motifs is 1. The Morgan fingerprint density at radius 2 is 1.81 bits per heavy atom. The maximum absolute atomic E-state index is 12.9. The van der Waals surface area contributed by atoms with Crippen molar-refractivity contribution in [3.8, 4) is 23.0 Å². The van der Waals surface area contributed by atoms with Crippen LogP contribution in [0.25, 0.3) is 22.2 Å². The average molecular weight is 509 g/mol. The number of benzene rings is 2. The van der Waals surface area contributed by atoms with Gasteiger partial charge in [-0.1, -0.05) is 54.6 Å². The van der Waals surface area contributed by atoms with E-state index in [9.17, 15) is 9.90 Å². The summed E-state index contributed by atoms with van der Waals surface area (Å²) in [5.74, 6) is 6.25. The molecule has 0 saturated carbocycles. The predicted octanol–water partition coefficient (Wildman–Crippen LogP) is 5.03. The number of pyridine rings is 2. The van der Waals surface area contributed by atoms with Gasteiger partial charge in [0.15, 0.2) is 5.60 Å². The summed E-state index contributed by atoms with van der Waals surface area (Å²) in [5.41, 5.74) is 2.92. The fourth-order valence-electron chi connectivity index (χ4n) is 4.58. The lowest BCUT2D eigenvalue weighted by molar-refractivity contribution is 0.117. The first-order valence-corrected chi connectivity index (χ1v) is 12.3. The van der Waals surface area contributed by atoms with E-state index < -0.39 is 5.60 Å². The molecule has 5 aromatic rings. The third kappa shape index (κ3) is 4.33. The molecule has 1 atom stereocenters. The molecule has 0 radical (unpaired) electrons. The molecule has 3 aromatic heterocycles. The highest BCUT2D eigenvalue weighted by Gasteiger charge is 2.37. The predicted molar refractivity (Wildman–Crippen MR) is 146 cm³/mol. The Labute approximate surface area is 219 Å². The van der Waals surface area contributed by atoms with Crippen molar-refractivity contribution in [1.29, 1.82) is 0 Å². The largest absolute Gasteiger partial charge is 0.374 e. The number of hydrogen-bond donors (Lipinski definition) is 1. The summed E-state index contributed by atoms with van der Waals surface area (Å²) in [4.78, 5) is 21.8. The second-order valence-corrected chi connectivity index (χ2v) is 9.33. The van der Waals surface area contributed by atoms with Gasteiger partial charge in [-0.3, -0.25) is 9.36 Å². The lowest BCUT2D eigenvalue weighted by Crippen LogP contribution is -2.31. The molecule has 6 nitrogen and oxygen atoms in total. The maximum atomic E-state index is 12.9. The molecule has 0 amide bonds. The Hall–Kier alpha value is -4.18. The molecule has 0 fully saturated rings. The second-order valence-electron chi connectivity index (χ2n) is 8.89. The van der Waals surface area contributed by atoms with E-state index in [-0.39, 0.29) is 5.56 Å². The Balaban J connectivity index is 1.80. The lowest BCUT2D eigenvalue weighted by atomic mass is 9.83. The highest BCUT2D eigenvalue weighted by molar-refractivity contribution is 6.30. The standard InChI is InChI=1S/C30H25ClN4O2/c1-4-5-7-20-8-6-9-21(14-20)25-16-28(36)35(3)29-26(25)15-23(17-33-29)30(37,27-18-32-19-34(27)2)22-10-12-24(31)13-11-22/h6,8-19,37H,4H2,1-3H3. The topological polar surface area (TPSA) is 72.9 Å². The molecule has 7 heteroatoms. The molecule has 0 aliphatic rings. The minimum atomic E-state index is -1.57. The second kappa shape index (κ2) is 9.70. The zero-order chi connectivity index (χ0) is 26.2. The zero-order valence-corrected chi connectivity index (χ0v) is 21.5. The molecule has 184 valence electrons. The van der Waals surface area contributed by atoms with Crippen LogP contribution in [0.2, 0.25) is 5.02 Å². The summed E-state index contributed by atoms with van der Waals surface area (Å²) in [5, 5.41) is 13.6. The van der Waals surface area contributed by atoms with E-state index >= 15 is 0 Å². The van der Waals surface area contributed by atoms with Crippen LogP contribution < -0.4 is 5.56 Å². The summed E-state index contributed by atoms with van der Waals surface area (Å²) in [6.07, 6.45) is 5.64. The van der Waals surface area contributed by atoms with Gasteiger partial charge in [0, 0.05) is 54.3 Å². The number of aromatic nitrogens is 4. The van der Waals surface area contributed by atoms with Crippen LogP contribution in [0.5, 0.6) is 0 Å². The summed E-state index contributed by atoms with van der Waals surface area (Å²) in [6, 6.07) is 18.3. The van der Waals surface area contributed by atoms with E-state index in [0.29, 0.717) is 27.5 Å². The van der Waals surface area contributed by atoms with Crippen LogP contribution in [0.15, 0.2) is 84.2 Å². The molecule has 1 N–H and O–H groups in total. The van der Waals surface area contributed by atoms with Crippen molar-refractivity contribution in [3.63, 3.8) is 0 Å². The summed E-state index contributed by atoms with van der Waals surface area (Å²) in [7, 11) is 3.52. The minimum absolute atomic E-state index is 0.174. The molecule has 5 rings (SSSR count). The first-order valence-electron chi connectivity index (χ1n) is 11.9. The SMILES string of the molecule is CCC#Cc1cccc(-c2cc(=O)n(C)c3ncc(C(O)(c4ccc(Cl)cc4)c4cncn4C)cc23)c1. The fourth-order valence-corrected chi connectivity index (χ4v) is 4.70. The number of imidazole rings is 1. The zero-order valence-electron chi connectivity index (χ0n) is 20.7. The van der Waals surface area contributed by atoms with Gasteiger partial charge in [-0.15, -0.1) is 0 Å². The lowest BCUT2D eigenvalue weighted by Gasteiger charge is -2.30. The molecule has 0 aliphatic heterocycles. The highest BCUT2D eigenvalue weighted by Crippen LogP contribution is 2.38. The Kier molecular flexibility index (Phi) is 6.43. The molecule has 3 heterocycles. The Bertz CT molecular complexity index is 1740. The molecule has 37 heavy (non-hydrogen) atoms. The maximum Gasteiger partial charge on any atom is 0.252 e. The first kappa shape index (κ1) is 24.5. The van der Waals surface area contributed by atoms with E-state index in [1.54, 1.807) is 60.7 Å². The smallest absolute Gasteiger partial charge is 0.252 e. The molecule has 2 aromatic carbocycles. The van der Waals surface area contributed by atoms with E-state index in [1.165, 1.54) is 4.57 Å². The van der Waals surface area contributed by atoms with Crippen molar-refractivity contribution < 1.29 is 5.11 Å². The van der Waals surface area contributed by atoms with E-state index in [4.69, 9.17) is 11.6 Å². The monoisotopic (exact) mass is 508 g/mol. The Morgan fingerprint density at radius 3 is 2.51 bits per heavy atom. The highest BCUT2D eigenvalue weighted by atomic mass is 35.5. The van der Waals surface area contributed by atoms with E-state index in [0.717, 1.165) is 28.5 Å². The van der Waals surface area contributed by atoms with Crippen LogP contribution in [0.1, 0.15) is 35.7 Å². The van der Waals surface area contributed by atoms with Gasteiger partial charge >= 0.3 is 0 Å². The van der Waals surface area contributed by atoms with Crippen LogP contribution in [0.3, 0.4) is 0 Å². The van der Waals surface area contributed by atoms with Crippen LogP contribution in [-0.2, 0) is 19.7 Å². The number of halogens is 1. The summed E-state index contributed by atoms with van der Waals surface area (Å²) in [6.45, 7) is 2.00. The number of aryl methyl sites for hydroxylation is 2. The van der Waals surface area contributed by atoms with Gasteiger partial charge in [-0.05, 0) is 47.0 Å². The third-order valence-corrected chi connectivity index (χ3v) is 6.78. The molecular formula is C30H25ClN4O2. The van der Waals surface area contributed by atoms with Crippen molar-refractivity contribution in [1.82, 2.24) is 19.1 Å². The summed E-state index contributed by atoms with van der Waals surface area (Å²) >= 11 is 6.15. The first-order chi connectivity index (χ1) is 17.8. The molecule has 0 bridgehead atoms. The van der Waals surface area contributed by atoms with Gasteiger partial charge in [0.2, 0.25) is 0 Å². The number of nitrogens with zero attached hydrogens (tertiary/aromatic N) is 4. The minimum Gasteiger partial charge on any atom is -0.374 e. The van der Waals surface area contributed by atoms with Gasteiger partial charge in [0.1, 0.15) is 5.65 Å². The molecule has 0 spiro atoms. The normalized spacial score (nSPS) is 12.7. The molecule has 1 unspecified atom stereocenters. The van der Waals surface area contributed by atoms with Gasteiger partial charge in [0.05, 0.1) is 18.2 Å². The van der Waals surface area contributed by atoms with Crippen molar-refractivity contribution >= 4 is 22.6 Å². The van der Waals surface area contributed by atoms with Crippen molar-refractivity contribution in [2.24, 2.45) is 14.1 Å². The molecule has 0 aliphatic carbocycles. The number of hydrogen-bond acceptors (Lipinski definition) is 4. The van der Waals surface area contributed by atoms with Crippen LogP contribution >= 0.6 is 11.6 Å². The van der Waals surface area contributed by atoms with Crippen molar-refractivity contribution in [2.45, 2.75) is 18.9 Å². The van der Waals surface area contributed by atoms with Gasteiger partial charge in [-0.2, -0.15) is 0 Å². The third-order valence-electron chi connectivity index (χ3n) is 6.52. The number of aliphatic hydroxyl groups is 1. The Morgan fingerprint density at radius 1 is 1.03 bits per heavy atom. The van der Waals surface area contributed by atoms with Crippen molar-refractivity contribution in [2.75, 3.05) is 0 Å². The average Bonchev–Trinajstić information content (AvgIpc) is 3.35. The van der Waals surface area contributed by atoms with Crippen LogP contribution in [-0.4, -0.2) is 24.2 Å². The van der Waals surface area contributed by atoms with E-state index in [1.807, 2.05) is 44.3 Å². The molecule has 0 saturated heterocycles. The van der Waals surface area contributed by atoms with Crippen LogP contribution in [0, 0.1) is 11.8 Å². The number of rotatable bonds is 4. The fraction of sp³-hybridized carbons (Fsp3) is 0.167. The van der Waals surface area contributed by atoms with Crippen molar-refractivity contribution in [3.05, 3.63) is 117 Å². The molecular weight excluding hydrogens is 484 g/mol. The van der Waals surface area contributed by atoms with Gasteiger partial charge < -0.3 is 9.67 Å². The quantitative estimate of drug-likeness (QED) is 0.345. The van der Waals surface area contributed by atoms with Gasteiger partial charge in [0.25, 0.3) is 5.56 Å². The van der Waals surface area contributed by atoms with Crippen LogP contribution in [0.4, 0.5) is 0 Å². The summed E-state index contributed by atoms with van der Waals surface area (Å²) < 4.78 is 3.28. The van der Waals surface area contributed by atoms with Gasteiger partial charge in [-0.25, -0.2) is 9.97 Å².